The van der Waals surface area contributed by atoms with Crippen LogP contribution in [0.2, 0.25) is 0 Å². The SMILES string of the molecule is CO[C@@H](C)c1ncc(N2CCN(C3CC3)CC2)cc1-c1c2c3cc(ccc3n1CC(F)(F)F)C1=CCCN(C1)C[C@H](NC(=O)[C@H](C(C)C)N1CC[C@]3(CCN(C(=O)[C@H]4CN4CC(=O)N(C)C)C3)C1)C(=O)N1CCC[C@H](N1)C(=O)OCC(C)(C)C2. The van der Waals surface area contributed by atoms with Crippen molar-refractivity contribution in [3.05, 3.63) is 53.4 Å². The highest BCUT2D eigenvalue weighted by Gasteiger charge is 2.52. The summed E-state index contributed by atoms with van der Waals surface area (Å²) < 4.78 is 59.2. The molecule has 3 aromatic rings. The summed E-state index contributed by atoms with van der Waals surface area (Å²) in [6.45, 7) is 16.5. The molecule has 8 aliphatic rings. The zero-order chi connectivity index (χ0) is 59.6. The minimum Gasteiger partial charge on any atom is -0.464 e. The van der Waals surface area contributed by atoms with Crippen molar-refractivity contribution in [1.82, 2.24) is 54.7 Å². The highest BCUT2D eigenvalue weighted by Crippen LogP contribution is 2.45. The molecule has 2 N–H and O–H groups in total. The number of methoxy groups -OCH3 is 1. The van der Waals surface area contributed by atoms with E-state index in [0.29, 0.717) is 111 Å². The number of nitrogens with zero attached hydrogens (tertiary/aromatic N) is 10. The molecule has 22 heteroatoms. The summed E-state index contributed by atoms with van der Waals surface area (Å²) in [5, 5.41) is 5.36. The first-order chi connectivity index (χ1) is 40.0. The third kappa shape index (κ3) is 12.9. The fourth-order valence-electron chi connectivity index (χ4n) is 14.2. The molecule has 11 rings (SSSR count). The number of hydrazine groups is 1. The number of carbonyl (C=O) groups excluding carboxylic acids is 5. The molecular formula is C62H87F3N12O7. The van der Waals surface area contributed by atoms with Gasteiger partial charge in [-0.15, -0.1) is 0 Å². The smallest absolute Gasteiger partial charge is 0.406 e. The van der Waals surface area contributed by atoms with E-state index in [9.17, 15) is 14.4 Å². The van der Waals surface area contributed by atoms with Crippen LogP contribution in [-0.4, -0.2) is 229 Å². The first-order valence-corrected chi connectivity index (χ1v) is 30.6. The fourth-order valence-corrected chi connectivity index (χ4v) is 14.2. The Morgan fingerprint density at radius 3 is 2.43 bits per heavy atom. The van der Waals surface area contributed by atoms with E-state index in [-0.39, 0.29) is 67.1 Å². The molecule has 6 fully saturated rings. The van der Waals surface area contributed by atoms with Gasteiger partial charge in [0.1, 0.15) is 24.7 Å². The molecule has 458 valence electrons. The number of esters is 1. The van der Waals surface area contributed by atoms with Gasteiger partial charge in [-0.2, -0.15) is 13.2 Å². The van der Waals surface area contributed by atoms with E-state index in [2.05, 4.69) is 36.4 Å². The molecule has 2 unspecified atom stereocenters. The lowest BCUT2D eigenvalue weighted by molar-refractivity contribution is -0.155. The number of ether oxygens (including phenoxy) is 2. The Bertz CT molecular complexity index is 3030. The van der Waals surface area contributed by atoms with Crippen LogP contribution >= 0.6 is 0 Å². The van der Waals surface area contributed by atoms with Crippen LogP contribution in [0.4, 0.5) is 18.9 Å². The number of likely N-dealkylation sites (N-methyl/N-ethyl adjacent to an activating group) is 1. The number of cyclic esters (lactones) is 1. The first kappa shape index (κ1) is 60.1. The summed E-state index contributed by atoms with van der Waals surface area (Å²) in [5.74, 6) is -1.30. The molecule has 1 aliphatic carbocycles. The summed E-state index contributed by atoms with van der Waals surface area (Å²) in [7, 11) is 5.00. The van der Waals surface area contributed by atoms with E-state index in [1.165, 1.54) is 27.3 Å². The third-order valence-corrected chi connectivity index (χ3v) is 19.1. The summed E-state index contributed by atoms with van der Waals surface area (Å²) in [4.78, 5) is 90.0. The Kier molecular flexibility index (Phi) is 17.1. The molecule has 1 spiro atoms. The Balaban J connectivity index is 0.901. The predicted octanol–water partition coefficient (Wildman–Crippen LogP) is 5.17. The first-order valence-electron chi connectivity index (χ1n) is 30.6. The zero-order valence-electron chi connectivity index (χ0n) is 50.4. The van der Waals surface area contributed by atoms with Crippen LogP contribution in [0, 0.1) is 16.7 Å². The normalized spacial score (nSPS) is 27.9. The lowest BCUT2D eigenvalue weighted by Gasteiger charge is -2.38. The van der Waals surface area contributed by atoms with Crippen LogP contribution in [0.15, 0.2) is 36.5 Å². The van der Waals surface area contributed by atoms with Gasteiger partial charge in [0.2, 0.25) is 17.7 Å². The highest BCUT2D eigenvalue weighted by atomic mass is 19.4. The molecule has 6 bridgehead atoms. The molecule has 84 heavy (non-hydrogen) atoms. The lowest BCUT2D eigenvalue weighted by Crippen LogP contribution is -2.63. The fraction of sp³-hybridized carbons (Fsp3) is 0.677. The van der Waals surface area contributed by atoms with Crippen molar-refractivity contribution in [1.29, 1.82) is 0 Å². The maximum Gasteiger partial charge on any atom is 0.406 e. The van der Waals surface area contributed by atoms with Gasteiger partial charge in [-0.25, -0.2) is 5.43 Å². The van der Waals surface area contributed by atoms with Crippen molar-refractivity contribution < 1.29 is 46.6 Å². The average molecular weight is 1170 g/mol. The van der Waals surface area contributed by atoms with E-state index in [1.807, 2.05) is 68.8 Å². The van der Waals surface area contributed by atoms with Crippen LogP contribution in [0.1, 0.15) is 102 Å². The van der Waals surface area contributed by atoms with E-state index < -0.39 is 48.3 Å². The van der Waals surface area contributed by atoms with Crippen molar-refractivity contribution in [2.24, 2.45) is 16.7 Å². The van der Waals surface area contributed by atoms with Crippen molar-refractivity contribution in [2.75, 3.05) is 124 Å². The van der Waals surface area contributed by atoms with Crippen LogP contribution in [0.25, 0.3) is 27.7 Å². The quantitative estimate of drug-likeness (QED) is 0.170. The molecule has 1 saturated carbocycles. The number of piperazine rings is 1. The molecule has 5 saturated heterocycles. The Hall–Kier alpha value is -5.65. The van der Waals surface area contributed by atoms with Gasteiger partial charge >= 0.3 is 12.1 Å². The number of amides is 4. The van der Waals surface area contributed by atoms with Crippen LogP contribution in [-0.2, 0) is 46.4 Å². The number of hydrogen-bond donors (Lipinski definition) is 2. The maximum absolute atomic E-state index is 15.2. The number of halogens is 3. The molecular weight excluding hydrogens is 1080 g/mol. The number of alkyl halides is 3. The highest BCUT2D eigenvalue weighted by molar-refractivity contribution is 5.96. The number of aromatic nitrogens is 2. The van der Waals surface area contributed by atoms with Crippen molar-refractivity contribution >= 4 is 51.8 Å². The molecule has 1 aromatic carbocycles. The zero-order valence-corrected chi connectivity index (χ0v) is 50.4. The van der Waals surface area contributed by atoms with Crippen LogP contribution < -0.4 is 15.6 Å². The molecule has 0 radical (unpaired) electrons. The van der Waals surface area contributed by atoms with Crippen molar-refractivity contribution in [2.45, 2.75) is 135 Å². The van der Waals surface area contributed by atoms with Gasteiger partial charge in [0.25, 0.3) is 5.91 Å². The number of benzene rings is 1. The number of anilines is 1. The summed E-state index contributed by atoms with van der Waals surface area (Å²) in [6, 6.07) is 5.57. The van der Waals surface area contributed by atoms with E-state index >= 15 is 22.8 Å². The minimum atomic E-state index is -4.59. The standard InChI is InChI=1S/C62H87F3N12O7/c1-39(2)54(73-21-17-61(35-73)18-22-74(36-61)58(81)51-33-75(51)34-52(78)69(6)7)56(79)67-49-32-70-19-9-11-42(31-70)41-13-16-50-45(27-41)47(29-60(4,5)38-84-59(82)48-12-10-20-77(68-48)57(49)80)55(76(50)37-62(63,64)65)46-28-44(30-66-53(46)40(3)83-8)72-25-23-71(24-26-72)43-14-15-43/h11,13,16,27-28,30,39-40,43,48-49,51,54,68H,9-10,12,14-15,17-26,29,31-38H2,1-8H3,(H,67,79)/t40-,48-,49-,51+,54-,61-,75?/m0/s1. The molecule has 8 atom stereocenters. The van der Waals surface area contributed by atoms with Crippen molar-refractivity contribution in [3.8, 4) is 11.3 Å². The Morgan fingerprint density at radius 1 is 0.952 bits per heavy atom. The number of fused-ring (bicyclic) bond motifs is 6. The van der Waals surface area contributed by atoms with Gasteiger partial charge in [-0.05, 0) is 106 Å². The van der Waals surface area contributed by atoms with Crippen LogP contribution in [0.5, 0.6) is 0 Å². The van der Waals surface area contributed by atoms with Gasteiger partial charge in [-0.1, -0.05) is 39.8 Å². The maximum atomic E-state index is 15.2. The van der Waals surface area contributed by atoms with Gasteiger partial charge in [0.05, 0.1) is 48.6 Å². The number of likely N-dealkylation sites (tertiary alicyclic amines) is 2. The molecule has 9 heterocycles. The van der Waals surface area contributed by atoms with E-state index in [0.717, 1.165) is 55.8 Å². The number of pyridine rings is 1. The largest absolute Gasteiger partial charge is 0.464 e. The van der Waals surface area contributed by atoms with E-state index in [4.69, 9.17) is 14.5 Å². The number of carbonyl (C=O) groups is 5. The van der Waals surface area contributed by atoms with Gasteiger partial charge < -0.3 is 34.1 Å². The monoisotopic (exact) mass is 1170 g/mol. The third-order valence-electron chi connectivity index (χ3n) is 19.1. The Morgan fingerprint density at radius 2 is 1.71 bits per heavy atom. The summed E-state index contributed by atoms with van der Waals surface area (Å²) in [6.07, 6.45) is 4.66. The second kappa shape index (κ2) is 23.9. The van der Waals surface area contributed by atoms with Gasteiger partial charge in [-0.3, -0.25) is 53.6 Å². The second-order valence-electron chi connectivity index (χ2n) is 26.7. The van der Waals surface area contributed by atoms with Gasteiger partial charge in [0.15, 0.2) is 0 Å². The molecule has 2 aromatic heterocycles. The second-order valence-corrected chi connectivity index (χ2v) is 26.7. The number of rotatable bonds is 13. The molecule has 19 nitrogen and oxygen atoms in total. The van der Waals surface area contributed by atoms with E-state index in [1.54, 1.807) is 27.3 Å². The van der Waals surface area contributed by atoms with Crippen molar-refractivity contribution in [3.63, 3.8) is 0 Å². The Labute approximate surface area is 492 Å². The summed E-state index contributed by atoms with van der Waals surface area (Å²) >= 11 is 0. The number of hydrogen-bond acceptors (Lipinski definition) is 14. The average Bonchev–Trinajstić information content (AvgIpc) is 2.17. The van der Waals surface area contributed by atoms with Gasteiger partial charge in [0, 0.05) is 133 Å². The molecule has 7 aliphatic heterocycles. The summed E-state index contributed by atoms with van der Waals surface area (Å²) in [5.41, 5.74) is 7.41. The predicted molar refractivity (Wildman–Crippen MR) is 313 cm³/mol. The topological polar surface area (TPSA) is 171 Å². The van der Waals surface area contributed by atoms with Crippen LogP contribution in [0.3, 0.4) is 0 Å². The molecule has 4 amide bonds. The lowest BCUT2D eigenvalue weighted by atomic mass is 9.84. The number of nitrogens with one attached hydrogen (secondary N) is 2. The minimum absolute atomic E-state index is 0.0362.